The van der Waals surface area contributed by atoms with Gasteiger partial charge >= 0.3 is 0 Å². The van der Waals surface area contributed by atoms with Crippen LogP contribution in [0, 0.1) is 6.92 Å². The molecular formula is C25H20ClNO4S. The van der Waals surface area contributed by atoms with Gasteiger partial charge < -0.3 is 9.47 Å². The maximum Gasteiger partial charge on any atom is 0.261 e. The molecule has 0 unspecified atom stereocenters. The molecule has 1 N–H and O–H groups in total. The number of hydrogen-bond donors (Lipinski definition) is 1. The number of nitrogens with one attached hydrogen (secondary N) is 1. The molecular weight excluding hydrogens is 446 g/mol. The van der Waals surface area contributed by atoms with E-state index in [1.807, 2.05) is 43.3 Å². The van der Waals surface area contributed by atoms with Crippen LogP contribution in [0.15, 0.2) is 102 Å². The predicted molar refractivity (Wildman–Crippen MR) is 126 cm³/mol. The number of hydrogen-bond acceptors (Lipinski definition) is 4. The van der Waals surface area contributed by atoms with Gasteiger partial charge in [0, 0.05) is 5.69 Å². The van der Waals surface area contributed by atoms with Gasteiger partial charge in [-0.25, -0.2) is 8.42 Å². The van der Waals surface area contributed by atoms with Gasteiger partial charge in [0.25, 0.3) is 10.0 Å². The molecule has 0 bridgehead atoms. The largest absolute Gasteiger partial charge is 0.457 e. The van der Waals surface area contributed by atoms with Crippen molar-refractivity contribution < 1.29 is 17.9 Å². The van der Waals surface area contributed by atoms with Crippen LogP contribution in [-0.4, -0.2) is 8.42 Å². The van der Waals surface area contributed by atoms with Crippen LogP contribution in [-0.2, 0) is 10.0 Å². The van der Waals surface area contributed by atoms with E-state index in [1.54, 1.807) is 48.5 Å². The highest BCUT2D eigenvalue weighted by molar-refractivity contribution is 7.92. The third-order valence-electron chi connectivity index (χ3n) is 4.63. The zero-order chi connectivity index (χ0) is 22.6. The van der Waals surface area contributed by atoms with Crippen molar-refractivity contribution in [3.05, 3.63) is 108 Å². The molecule has 0 fully saturated rings. The van der Waals surface area contributed by atoms with Gasteiger partial charge in [0.05, 0.1) is 9.92 Å². The second-order valence-corrected chi connectivity index (χ2v) is 9.09. The van der Waals surface area contributed by atoms with E-state index in [1.165, 1.54) is 12.1 Å². The monoisotopic (exact) mass is 465 g/mol. The molecule has 5 nitrogen and oxygen atoms in total. The summed E-state index contributed by atoms with van der Waals surface area (Å²) >= 11 is 6.10. The Hall–Kier alpha value is -3.48. The first-order valence-electron chi connectivity index (χ1n) is 9.79. The van der Waals surface area contributed by atoms with Gasteiger partial charge in [-0.1, -0.05) is 41.9 Å². The van der Waals surface area contributed by atoms with Crippen molar-refractivity contribution in [2.75, 3.05) is 4.72 Å². The van der Waals surface area contributed by atoms with E-state index in [2.05, 4.69) is 4.72 Å². The average molecular weight is 466 g/mol. The lowest BCUT2D eigenvalue weighted by molar-refractivity contribution is 0.478. The topological polar surface area (TPSA) is 64.6 Å². The smallest absolute Gasteiger partial charge is 0.261 e. The first-order valence-corrected chi connectivity index (χ1v) is 11.7. The number of ether oxygens (including phenoxy) is 2. The molecule has 0 aromatic heterocycles. The Morgan fingerprint density at radius 2 is 1.22 bits per heavy atom. The molecule has 0 saturated heterocycles. The van der Waals surface area contributed by atoms with Crippen LogP contribution >= 0.6 is 11.6 Å². The van der Waals surface area contributed by atoms with Crippen LogP contribution < -0.4 is 14.2 Å². The standard InChI is InChI=1S/C25H20ClNO4S/c1-18-6-2-4-8-24(18)30-21-14-16-22(17-15-21)32(28,29)27-19-10-12-20(13-11-19)31-25-9-5-3-7-23(25)26/h2-17,27H,1H3. The van der Waals surface area contributed by atoms with E-state index in [4.69, 9.17) is 21.1 Å². The normalized spacial score (nSPS) is 11.1. The molecule has 0 aliphatic carbocycles. The average Bonchev–Trinajstić information content (AvgIpc) is 2.78. The number of halogens is 1. The third kappa shape index (κ3) is 5.22. The SMILES string of the molecule is Cc1ccccc1Oc1ccc(S(=O)(=O)Nc2ccc(Oc3ccccc3Cl)cc2)cc1. The summed E-state index contributed by atoms with van der Waals surface area (Å²) in [6, 6.07) is 27.6. The van der Waals surface area contributed by atoms with E-state index in [0.717, 1.165) is 11.3 Å². The minimum absolute atomic E-state index is 0.131. The Labute approximate surface area is 192 Å². The van der Waals surface area contributed by atoms with E-state index in [9.17, 15) is 8.42 Å². The Morgan fingerprint density at radius 1 is 0.688 bits per heavy atom. The number of benzene rings is 4. The first kappa shape index (κ1) is 21.7. The quantitative estimate of drug-likeness (QED) is 0.318. The first-order chi connectivity index (χ1) is 15.4. The van der Waals surface area contributed by atoms with Gasteiger partial charge in [-0.05, 0) is 79.2 Å². The van der Waals surface area contributed by atoms with Crippen LogP contribution in [0.3, 0.4) is 0 Å². The minimum Gasteiger partial charge on any atom is -0.457 e. The summed E-state index contributed by atoms with van der Waals surface area (Å²) in [7, 11) is -3.76. The fraction of sp³-hybridized carbons (Fsp3) is 0.0400. The zero-order valence-electron chi connectivity index (χ0n) is 17.2. The molecule has 4 aromatic rings. The number of aryl methyl sites for hydroxylation is 1. The second-order valence-electron chi connectivity index (χ2n) is 7.00. The fourth-order valence-corrected chi connectivity index (χ4v) is 4.18. The van der Waals surface area contributed by atoms with Gasteiger partial charge in [0.1, 0.15) is 23.0 Å². The lowest BCUT2D eigenvalue weighted by Gasteiger charge is -2.11. The van der Waals surface area contributed by atoms with E-state index < -0.39 is 10.0 Å². The Morgan fingerprint density at radius 3 is 1.84 bits per heavy atom. The summed E-state index contributed by atoms with van der Waals surface area (Å²) in [5.41, 5.74) is 1.41. The molecule has 0 amide bonds. The number of anilines is 1. The molecule has 0 radical (unpaired) electrons. The summed E-state index contributed by atoms with van der Waals surface area (Å²) < 4.78 is 39.6. The molecule has 0 heterocycles. The summed E-state index contributed by atoms with van der Waals surface area (Å²) in [4.78, 5) is 0.131. The summed E-state index contributed by atoms with van der Waals surface area (Å²) in [6.45, 7) is 1.95. The lowest BCUT2D eigenvalue weighted by atomic mass is 10.2. The van der Waals surface area contributed by atoms with Gasteiger partial charge in [-0.15, -0.1) is 0 Å². The van der Waals surface area contributed by atoms with E-state index in [0.29, 0.717) is 28.0 Å². The highest BCUT2D eigenvalue weighted by Crippen LogP contribution is 2.30. The molecule has 0 aliphatic rings. The summed E-state index contributed by atoms with van der Waals surface area (Å²) in [5.74, 6) is 2.34. The molecule has 7 heteroatoms. The Kier molecular flexibility index (Phi) is 6.35. The predicted octanol–water partition coefficient (Wildman–Crippen LogP) is 7.03. The number of para-hydroxylation sites is 2. The number of rotatable bonds is 7. The van der Waals surface area contributed by atoms with Crippen molar-refractivity contribution in [3.63, 3.8) is 0 Å². The van der Waals surface area contributed by atoms with Gasteiger partial charge in [-0.2, -0.15) is 0 Å². The van der Waals surface area contributed by atoms with E-state index >= 15 is 0 Å². The van der Waals surface area contributed by atoms with Crippen molar-refractivity contribution in [2.24, 2.45) is 0 Å². The zero-order valence-corrected chi connectivity index (χ0v) is 18.7. The Bertz CT molecular complexity index is 1320. The van der Waals surface area contributed by atoms with E-state index in [-0.39, 0.29) is 4.90 Å². The lowest BCUT2D eigenvalue weighted by Crippen LogP contribution is -2.12. The fourth-order valence-electron chi connectivity index (χ4n) is 2.94. The number of sulfonamides is 1. The maximum atomic E-state index is 12.7. The molecule has 162 valence electrons. The Balaban J connectivity index is 1.43. The van der Waals surface area contributed by atoms with Crippen molar-refractivity contribution in [2.45, 2.75) is 11.8 Å². The molecule has 0 spiro atoms. The van der Waals surface area contributed by atoms with Crippen LogP contribution in [0.25, 0.3) is 0 Å². The highest BCUT2D eigenvalue weighted by atomic mass is 35.5. The second kappa shape index (κ2) is 9.34. The maximum absolute atomic E-state index is 12.7. The minimum atomic E-state index is -3.76. The van der Waals surface area contributed by atoms with Crippen molar-refractivity contribution in [3.8, 4) is 23.0 Å². The van der Waals surface area contributed by atoms with Crippen molar-refractivity contribution in [1.29, 1.82) is 0 Å². The molecule has 32 heavy (non-hydrogen) atoms. The van der Waals surface area contributed by atoms with Crippen molar-refractivity contribution >= 4 is 27.3 Å². The molecule has 0 aliphatic heterocycles. The van der Waals surface area contributed by atoms with Gasteiger partial charge in [0.15, 0.2) is 0 Å². The highest BCUT2D eigenvalue weighted by Gasteiger charge is 2.15. The molecule has 0 atom stereocenters. The third-order valence-corrected chi connectivity index (χ3v) is 6.34. The molecule has 4 rings (SSSR count). The summed E-state index contributed by atoms with van der Waals surface area (Å²) in [5, 5.41) is 0.493. The molecule has 4 aromatic carbocycles. The van der Waals surface area contributed by atoms with Crippen molar-refractivity contribution in [1.82, 2.24) is 0 Å². The molecule has 0 saturated carbocycles. The van der Waals surface area contributed by atoms with Gasteiger partial charge in [-0.3, -0.25) is 4.72 Å². The van der Waals surface area contributed by atoms with Crippen LogP contribution in [0.1, 0.15) is 5.56 Å². The van der Waals surface area contributed by atoms with Crippen LogP contribution in [0.2, 0.25) is 5.02 Å². The van der Waals surface area contributed by atoms with Gasteiger partial charge in [0.2, 0.25) is 0 Å². The van der Waals surface area contributed by atoms with Crippen LogP contribution in [0.5, 0.6) is 23.0 Å². The van der Waals surface area contributed by atoms with Crippen LogP contribution in [0.4, 0.5) is 5.69 Å². The summed E-state index contributed by atoms with van der Waals surface area (Å²) in [6.07, 6.45) is 0.